The minimum absolute atomic E-state index is 0.0569. The Labute approximate surface area is 141 Å². The molecule has 7 nitrogen and oxygen atoms in total. The van der Waals surface area contributed by atoms with Gasteiger partial charge in [-0.25, -0.2) is 9.67 Å². The van der Waals surface area contributed by atoms with Crippen LogP contribution in [0.5, 0.6) is 0 Å². The predicted molar refractivity (Wildman–Crippen MR) is 81.9 cm³/mol. The highest BCUT2D eigenvalue weighted by atomic mass is 19.4. The van der Waals surface area contributed by atoms with Crippen molar-refractivity contribution >= 4 is 5.91 Å². The molecule has 0 aliphatic heterocycles. The summed E-state index contributed by atoms with van der Waals surface area (Å²) in [5, 5.41) is 10.4. The molecule has 0 spiro atoms. The topological polar surface area (TPSA) is 98.7 Å². The van der Waals surface area contributed by atoms with Gasteiger partial charge in [-0.15, -0.1) is 5.10 Å². The molecule has 2 aromatic rings. The van der Waals surface area contributed by atoms with Crippen LogP contribution in [0.1, 0.15) is 41.7 Å². The van der Waals surface area contributed by atoms with Gasteiger partial charge in [0.2, 0.25) is 0 Å². The summed E-state index contributed by atoms with van der Waals surface area (Å²) in [6.07, 6.45) is 1.19. The van der Waals surface area contributed by atoms with Crippen LogP contribution in [-0.2, 0) is 6.18 Å². The Morgan fingerprint density at radius 1 is 1.32 bits per heavy atom. The lowest BCUT2D eigenvalue weighted by Gasteiger charge is -2.28. The number of hydrogen-bond acceptors (Lipinski definition) is 5. The third-order valence-corrected chi connectivity index (χ3v) is 4.37. The molecular weight excluding hydrogens is 337 g/mol. The van der Waals surface area contributed by atoms with Gasteiger partial charge in [0.05, 0.1) is 17.3 Å². The fourth-order valence-electron chi connectivity index (χ4n) is 2.91. The van der Waals surface area contributed by atoms with Crippen LogP contribution in [-0.4, -0.2) is 38.0 Å². The summed E-state index contributed by atoms with van der Waals surface area (Å²) in [4.78, 5) is 16.1. The molecule has 3 N–H and O–H groups in total. The van der Waals surface area contributed by atoms with E-state index < -0.39 is 23.2 Å². The zero-order valence-electron chi connectivity index (χ0n) is 13.3. The highest BCUT2D eigenvalue weighted by Gasteiger charge is 2.35. The van der Waals surface area contributed by atoms with E-state index in [1.807, 2.05) is 0 Å². The van der Waals surface area contributed by atoms with Crippen molar-refractivity contribution in [2.45, 2.75) is 37.4 Å². The number of nitrogens with one attached hydrogen (secondary N) is 1. The Balaban J connectivity index is 1.75. The molecule has 0 aromatic carbocycles. The summed E-state index contributed by atoms with van der Waals surface area (Å²) < 4.78 is 38.8. The van der Waals surface area contributed by atoms with Crippen molar-refractivity contribution in [3.05, 3.63) is 35.8 Å². The molecule has 0 atom stereocenters. The smallest absolute Gasteiger partial charge is 0.344 e. The lowest BCUT2D eigenvalue weighted by molar-refractivity contribution is -0.137. The highest BCUT2D eigenvalue weighted by molar-refractivity contribution is 5.92. The van der Waals surface area contributed by atoms with Crippen molar-refractivity contribution in [2.75, 3.05) is 6.54 Å². The third-order valence-electron chi connectivity index (χ3n) is 4.37. The van der Waals surface area contributed by atoms with Crippen LogP contribution in [0.15, 0.2) is 24.5 Å². The first-order valence-electron chi connectivity index (χ1n) is 7.82. The molecule has 2 heterocycles. The second kappa shape index (κ2) is 6.43. The average Bonchev–Trinajstić information content (AvgIpc) is 3.24. The first-order chi connectivity index (χ1) is 11.8. The van der Waals surface area contributed by atoms with Crippen LogP contribution < -0.4 is 11.1 Å². The van der Waals surface area contributed by atoms with Gasteiger partial charge in [-0.05, 0) is 25.0 Å². The minimum Gasteiger partial charge on any atom is -0.344 e. The fraction of sp³-hybridized carbons (Fsp3) is 0.467. The summed E-state index contributed by atoms with van der Waals surface area (Å²) in [5.41, 5.74) is 4.56. The number of aromatic nitrogens is 4. The molecule has 0 unspecified atom stereocenters. The number of hydrogen-bond donors (Lipinski definition) is 2. The molecule has 25 heavy (non-hydrogen) atoms. The van der Waals surface area contributed by atoms with Crippen molar-refractivity contribution in [1.82, 2.24) is 25.3 Å². The highest BCUT2D eigenvalue weighted by Crippen LogP contribution is 2.29. The molecule has 0 radical (unpaired) electrons. The third kappa shape index (κ3) is 3.63. The Morgan fingerprint density at radius 3 is 2.60 bits per heavy atom. The van der Waals surface area contributed by atoms with Crippen molar-refractivity contribution in [2.24, 2.45) is 5.73 Å². The molecule has 134 valence electrons. The Bertz CT molecular complexity index is 749. The lowest BCUT2D eigenvalue weighted by Crippen LogP contribution is -2.51. The predicted octanol–water partition coefficient (Wildman–Crippen LogP) is 1.68. The molecule has 1 aliphatic rings. The van der Waals surface area contributed by atoms with Gasteiger partial charge in [0.25, 0.3) is 5.91 Å². The van der Waals surface area contributed by atoms with Gasteiger partial charge in [-0.1, -0.05) is 18.1 Å². The molecule has 1 fully saturated rings. The summed E-state index contributed by atoms with van der Waals surface area (Å²) in [6.45, 7) is 0.341. The Morgan fingerprint density at radius 2 is 2.04 bits per heavy atom. The molecule has 2 aromatic heterocycles. The molecule has 1 aliphatic carbocycles. The lowest BCUT2D eigenvalue weighted by atomic mass is 9.98. The van der Waals surface area contributed by atoms with E-state index in [4.69, 9.17) is 5.73 Å². The number of halogens is 3. The van der Waals surface area contributed by atoms with Gasteiger partial charge in [0.15, 0.2) is 11.5 Å². The van der Waals surface area contributed by atoms with E-state index in [0.29, 0.717) is 12.7 Å². The first-order valence-corrected chi connectivity index (χ1v) is 7.82. The SMILES string of the molecule is NCC1(NC(=O)c2cn(-c3ccc(C(F)(F)F)cn3)nn2)CCCC1. The number of nitrogens with two attached hydrogens (primary N) is 1. The van der Waals surface area contributed by atoms with Crippen molar-refractivity contribution in [1.29, 1.82) is 0 Å². The van der Waals surface area contributed by atoms with E-state index in [1.54, 1.807) is 0 Å². The fourth-order valence-corrected chi connectivity index (χ4v) is 2.91. The standard InChI is InChI=1S/C15H17F3N6O/c16-15(17,18)10-3-4-12(20-7-10)24-8-11(22-23-24)13(25)21-14(9-19)5-1-2-6-14/h3-4,7-8H,1-2,5-6,9,19H2,(H,21,25). The second-order valence-electron chi connectivity index (χ2n) is 6.10. The van der Waals surface area contributed by atoms with E-state index in [0.717, 1.165) is 42.5 Å². The van der Waals surface area contributed by atoms with Crippen LogP contribution in [0, 0.1) is 0 Å². The van der Waals surface area contributed by atoms with Crippen LogP contribution in [0.3, 0.4) is 0 Å². The number of pyridine rings is 1. The van der Waals surface area contributed by atoms with Gasteiger partial charge < -0.3 is 11.1 Å². The summed E-state index contributed by atoms with van der Waals surface area (Å²) in [6, 6.07) is 2.06. The van der Waals surface area contributed by atoms with Gasteiger partial charge in [-0.2, -0.15) is 13.2 Å². The van der Waals surface area contributed by atoms with Crippen molar-refractivity contribution in [3.63, 3.8) is 0 Å². The number of amides is 1. The largest absolute Gasteiger partial charge is 0.417 e. The van der Waals surface area contributed by atoms with Crippen molar-refractivity contribution < 1.29 is 18.0 Å². The summed E-state index contributed by atoms with van der Waals surface area (Å²) >= 11 is 0. The molecular formula is C15H17F3N6O. The molecule has 0 bridgehead atoms. The summed E-state index contributed by atoms with van der Waals surface area (Å²) in [7, 11) is 0. The molecule has 1 saturated carbocycles. The van der Waals surface area contributed by atoms with E-state index in [-0.39, 0.29) is 11.5 Å². The van der Waals surface area contributed by atoms with Crippen LogP contribution >= 0.6 is 0 Å². The maximum Gasteiger partial charge on any atom is 0.417 e. The number of nitrogens with zero attached hydrogens (tertiary/aromatic N) is 4. The van der Waals surface area contributed by atoms with E-state index in [2.05, 4.69) is 20.6 Å². The van der Waals surface area contributed by atoms with Gasteiger partial charge in [0.1, 0.15) is 0 Å². The number of carbonyl (C=O) groups is 1. The van der Waals surface area contributed by atoms with E-state index in [9.17, 15) is 18.0 Å². The Kier molecular flexibility index (Phi) is 4.46. The normalized spacial score (nSPS) is 16.8. The zero-order chi connectivity index (χ0) is 18.1. The molecule has 3 rings (SSSR count). The zero-order valence-corrected chi connectivity index (χ0v) is 13.3. The quantitative estimate of drug-likeness (QED) is 0.870. The van der Waals surface area contributed by atoms with Gasteiger partial charge >= 0.3 is 6.18 Å². The van der Waals surface area contributed by atoms with E-state index >= 15 is 0 Å². The van der Waals surface area contributed by atoms with Crippen LogP contribution in [0.2, 0.25) is 0 Å². The molecule has 1 amide bonds. The van der Waals surface area contributed by atoms with Crippen LogP contribution in [0.25, 0.3) is 5.82 Å². The molecule has 10 heteroatoms. The second-order valence-corrected chi connectivity index (χ2v) is 6.10. The van der Waals surface area contributed by atoms with Gasteiger partial charge in [0, 0.05) is 12.7 Å². The minimum atomic E-state index is -4.46. The average molecular weight is 354 g/mol. The molecule has 0 saturated heterocycles. The van der Waals surface area contributed by atoms with E-state index in [1.165, 1.54) is 6.20 Å². The number of rotatable bonds is 4. The number of carbonyl (C=O) groups excluding carboxylic acids is 1. The Hall–Kier alpha value is -2.49. The maximum absolute atomic E-state index is 12.6. The monoisotopic (exact) mass is 354 g/mol. The first kappa shape index (κ1) is 17.3. The maximum atomic E-state index is 12.6. The summed E-state index contributed by atoms with van der Waals surface area (Å²) in [5.74, 6) is -0.278. The number of alkyl halides is 3. The van der Waals surface area contributed by atoms with Gasteiger partial charge in [-0.3, -0.25) is 4.79 Å². The van der Waals surface area contributed by atoms with Crippen LogP contribution in [0.4, 0.5) is 13.2 Å². The van der Waals surface area contributed by atoms with Crippen molar-refractivity contribution in [3.8, 4) is 5.82 Å².